The highest BCUT2D eigenvalue weighted by Crippen LogP contribution is 2.32. The zero-order chi connectivity index (χ0) is 29.4. The predicted octanol–water partition coefficient (Wildman–Crippen LogP) is 3.70. The molecule has 1 aliphatic carbocycles. The second-order valence-corrected chi connectivity index (χ2v) is 11.3. The standard InChI is InChI=1S/C32H46N6O3/c1-22-16-23(2)36-32(40)29(22)21-35-31(39)28-17-25(18-30(24(28)3)37(4)27-8-6-5-7-9-27)26(19-33)20-34-10-11-38-12-14-41-15-13-38/h16-20,27H,5-15,21,33H2,1-4H3,(H,35,39)(H,36,40). The van der Waals surface area contributed by atoms with Crippen LogP contribution in [-0.2, 0) is 11.3 Å². The van der Waals surface area contributed by atoms with E-state index in [2.05, 4.69) is 38.2 Å². The van der Waals surface area contributed by atoms with Crippen LogP contribution in [0.5, 0.6) is 0 Å². The molecule has 0 bridgehead atoms. The number of carbonyl (C=O) groups excluding carboxylic acids is 1. The normalized spacial score (nSPS) is 17.2. The number of benzene rings is 1. The Balaban J connectivity index is 1.60. The van der Waals surface area contributed by atoms with Crippen molar-refractivity contribution in [3.63, 3.8) is 0 Å². The number of hydrogen-bond donors (Lipinski definition) is 3. The summed E-state index contributed by atoms with van der Waals surface area (Å²) >= 11 is 0. The molecule has 2 fully saturated rings. The molecule has 41 heavy (non-hydrogen) atoms. The number of hydrogen-bond acceptors (Lipinski definition) is 7. The molecule has 1 aliphatic heterocycles. The lowest BCUT2D eigenvalue weighted by Gasteiger charge is -2.34. The van der Waals surface area contributed by atoms with Gasteiger partial charge >= 0.3 is 0 Å². The molecule has 9 nitrogen and oxygen atoms in total. The first-order valence-corrected chi connectivity index (χ1v) is 14.9. The number of ether oxygens (including phenoxy) is 1. The highest BCUT2D eigenvalue weighted by molar-refractivity contribution is 6.11. The van der Waals surface area contributed by atoms with Crippen molar-refractivity contribution in [3.05, 3.63) is 68.3 Å². The number of allylic oxidation sites excluding steroid dienone is 1. The summed E-state index contributed by atoms with van der Waals surface area (Å²) in [5.41, 5.74) is 12.3. The Morgan fingerprint density at radius 2 is 1.90 bits per heavy atom. The highest BCUT2D eigenvalue weighted by atomic mass is 16.5. The van der Waals surface area contributed by atoms with Crippen molar-refractivity contribution in [2.45, 2.75) is 65.5 Å². The van der Waals surface area contributed by atoms with E-state index in [0.29, 0.717) is 23.7 Å². The first-order chi connectivity index (χ1) is 19.8. The number of aromatic nitrogens is 1. The van der Waals surface area contributed by atoms with E-state index in [-0.39, 0.29) is 18.0 Å². The molecular weight excluding hydrogens is 516 g/mol. The lowest BCUT2D eigenvalue weighted by atomic mass is 9.92. The first kappa shape index (κ1) is 30.5. The lowest BCUT2D eigenvalue weighted by molar-refractivity contribution is 0.0395. The van der Waals surface area contributed by atoms with Crippen LogP contribution >= 0.6 is 0 Å². The quantitative estimate of drug-likeness (QED) is 0.381. The van der Waals surface area contributed by atoms with Crippen LogP contribution in [0.4, 0.5) is 5.69 Å². The number of aromatic amines is 1. The number of pyridine rings is 1. The van der Waals surface area contributed by atoms with Gasteiger partial charge in [-0.05, 0) is 68.5 Å². The van der Waals surface area contributed by atoms with Gasteiger partial charge in [-0.3, -0.25) is 19.5 Å². The molecule has 2 heterocycles. The molecule has 0 unspecified atom stereocenters. The van der Waals surface area contributed by atoms with Crippen LogP contribution in [0.3, 0.4) is 0 Å². The minimum absolute atomic E-state index is 0.153. The molecule has 4 rings (SSSR count). The number of morpholine rings is 1. The number of nitrogens with two attached hydrogens (primary N) is 1. The van der Waals surface area contributed by atoms with E-state index in [1.165, 1.54) is 19.3 Å². The molecule has 0 radical (unpaired) electrons. The summed E-state index contributed by atoms with van der Waals surface area (Å²) in [6.07, 6.45) is 9.36. The summed E-state index contributed by atoms with van der Waals surface area (Å²) in [6.45, 7) is 10.8. The van der Waals surface area contributed by atoms with Crippen LogP contribution in [-0.4, -0.2) is 74.5 Å². The molecule has 1 amide bonds. The summed E-state index contributed by atoms with van der Waals surface area (Å²) in [5, 5.41) is 3.00. The van der Waals surface area contributed by atoms with E-state index in [4.69, 9.17) is 10.5 Å². The number of aliphatic imine (C=N–C) groups is 1. The summed E-state index contributed by atoms with van der Waals surface area (Å²) in [4.78, 5) is 38.4. The van der Waals surface area contributed by atoms with Gasteiger partial charge in [-0.25, -0.2) is 0 Å². The molecule has 0 atom stereocenters. The maximum atomic E-state index is 13.6. The molecule has 4 N–H and O–H groups in total. The van der Waals surface area contributed by atoms with Crippen molar-refractivity contribution in [2.75, 3.05) is 51.3 Å². The molecular formula is C32H46N6O3. The Kier molecular flexibility index (Phi) is 10.8. The Bertz CT molecular complexity index is 1320. The van der Waals surface area contributed by atoms with Crippen LogP contribution < -0.4 is 21.5 Å². The van der Waals surface area contributed by atoms with Gasteiger partial charge in [0.2, 0.25) is 0 Å². The predicted molar refractivity (Wildman–Crippen MR) is 167 cm³/mol. The molecule has 1 saturated carbocycles. The van der Waals surface area contributed by atoms with Crippen molar-refractivity contribution in [1.82, 2.24) is 15.2 Å². The molecule has 9 heteroatoms. The van der Waals surface area contributed by atoms with Crippen LogP contribution in [0.25, 0.3) is 5.57 Å². The number of H-pyrrole nitrogens is 1. The monoisotopic (exact) mass is 562 g/mol. The van der Waals surface area contributed by atoms with Crippen molar-refractivity contribution < 1.29 is 9.53 Å². The highest BCUT2D eigenvalue weighted by Gasteiger charge is 2.23. The van der Waals surface area contributed by atoms with Gasteiger partial charge in [0.15, 0.2) is 0 Å². The molecule has 1 saturated heterocycles. The van der Waals surface area contributed by atoms with Gasteiger partial charge < -0.3 is 25.7 Å². The smallest absolute Gasteiger partial charge is 0.253 e. The molecule has 2 aliphatic rings. The fourth-order valence-corrected chi connectivity index (χ4v) is 5.90. The zero-order valence-electron chi connectivity index (χ0n) is 25.1. The Morgan fingerprint density at radius 3 is 2.59 bits per heavy atom. The fraction of sp³-hybridized carbons (Fsp3) is 0.531. The molecule has 0 spiro atoms. The molecule has 1 aromatic carbocycles. The van der Waals surface area contributed by atoms with Crippen LogP contribution in [0, 0.1) is 20.8 Å². The van der Waals surface area contributed by atoms with Gasteiger partial charge in [-0.15, -0.1) is 0 Å². The summed E-state index contributed by atoms with van der Waals surface area (Å²) in [6, 6.07) is 6.36. The number of nitrogens with zero attached hydrogens (tertiary/aromatic N) is 3. The molecule has 222 valence electrons. The minimum atomic E-state index is -0.220. The van der Waals surface area contributed by atoms with E-state index in [9.17, 15) is 9.59 Å². The maximum absolute atomic E-state index is 13.6. The maximum Gasteiger partial charge on any atom is 0.253 e. The van der Waals surface area contributed by atoms with E-state index in [1.54, 1.807) is 6.20 Å². The van der Waals surface area contributed by atoms with Crippen molar-refractivity contribution in [3.8, 4) is 0 Å². The Labute approximate surface area is 243 Å². The fourth-order valence-electron chi connectivity index (χ4n) is 5.90. The van der Waals surface area contributed by atoms with E-state index < -0.39 is 0 Å². The summed E-state index contributed by atoms with van der Waals surface area (Å²) in [5.74, 6) is -0.220. The second kappa shape index (κ2) is 14.5. The van der Waals surface area contributed by atoms with E-state index in [1.807, 2.05) is 39.1 Å². The third-order valence-electron chi connectivity index (χ3n) is 8.44. The van der Waals surface area contributed by atoms with Gasteiger partial charge in [0.25, 0.3) is 11.5 Å². The number of carbonyl (C=O) groups is 1. The van der Waals surface area contributed by atoms with Crippen molar-refractivity contribution in [2.24, 2.45) is 10.7 Å². The van der Waals surface area contributed by atoms with Crippen molar-refractivity contribution in [1.29, 1.82) is 0 Å². The number of aryl methyl sites for hydroxylation is 2. The summed E-state index contributed by atoms with van der Waals surface area (Å²) in [7, 11) is 2.13. The zero-order valence-corrected chi connectivity index (χ0v) is 25.1. The first-order valence-electron chi connectivity index (χ1n) is 14.9. The van der Waals surface area contributed by atoms with Gasteiger partial charge in [-0.1, -0.05) is 19.3 Å². The number of nitrogens with one attached hydrogen (secondary N) is 2. The average molecular weight is 563 g/mol. The van der Waals surface area contributed by atoms with Gasteiger partial charge in [-0.2, -0.15) is 0 Å². The Hall–Kier alpha value is -3.43. The third-order valence-corrected chi connectivity index (χ3v) is 8.44. The van der Waals surface area contributed by atoms with Gasteiger partial charge in [0.1, 0.15) is 0 Å². The third kappa shape index (κ3) is 7.86. The van der Waals surface area contributed by atoms with Crippen LogP contribution in [0.15, 0.2) is 34.2 Å². The average Bonchev–Trinajstić information content (AvgIpc) is 2.97. The Morgan fingerprint density at radius 1 is 1.17 bits per heavy atom. The van der Waals surface area contributed by atoms with E-state index in [0.717, 1.165) is 79.3 Å². The largest absolute Gasteiger partial charge is 0.404 e. The molecule has 2 aromatic rings. The van der Waals surface area contributed by atoms with Crippen LogP contribution in [0.1, 0.15) is 70.4 Å². The van der Waals surface area contributed by atoms with Crippen molar-refractivity contribution >= 4 is 23.4 Å². The SMILES string of the molecule is Cc1cc(C)c(CNC(=O)c2cc(C(C=NCCN3CCOCC3)=CN)cc(N(C)C3CCCCC3)c2C)c(=O)[nH]1. The van der Waals surface area contributed by atoms with Gasteiger partial charge in [0, 0.05) is 79.8 Å². The second-order valence-electron chi connectivity index (χ2n) is 11.3. The van der Waals surface area contributed by atoms with Gasteiger partial charge in [0.05, 0.1) is 19.8 Å². The van der Waals surface area contributed by atoms with Crippen LogP contribution in [0.2, 0.25) is 0 Å². The lowest BCUT2D eigenvalue weighted by Crippen LogP contribution is -2.37. The summed E-state index contributed by atoms with van der Waals surface area (Å²) < 4.78 is 5.43. The molecule has 1 aromatic heterocycles. The number of rotatable bonds is 10. The minimum Gasteiger partial charge on any atom is -0.404 e. The van der Waals surface area contributed by atoms with E-state index >= 15 is 0 Å². The topological polar surface area (TPSA) is 116 Å². The number of anilines is 1. The number of amides is 1.